The molecule has 0 aromatic rings. The highest BCUT2D eigenvalue weighted by molar-refractivity contribution is 7.87. The first-order chi connectivity index (χ1) is 9.13. The molecule has 1 aliphatic carbocycles. The van der Waals surface area contributed by atoms with Crippen LogP contribution in [0.3, 0.4) is 0 Å². The fourth-order valence-electron chi connectivity index (χ4n) is 3.11. The van der Waals surface area contributed by atoms with Gasteiger partial charge in [-0.05, 0) is 57.5 Å². The minimum Gasteiger partial charge on any atom is -0.303 e. The molecule has 6 heteroatoms. The van der Waals surface area contributed by atoms with Gasteiger partial charge in [0.05, 0.1) is 0 Å². The smallest absolute Gasteiger partial charge is 0.279 e. The summed E-state index contributed by atoms with van der Waals surface area (Å²) in [5, 5.41) is 0. The first kappa shape index (κ1) is 13.8. The Hall–Kier alpha value is -0.170. The Morgan fingerprint density at radius 3 is 2.16 bits per heavy atom. The third-order valence-corrected chi connectivity index (χ3v) is 6.20. The maximum Gasteiger partial charge on any atom is 0.279 e. The van der Waals surface area contributed by atoms with Gasteiger partial charge in [0.2, 0.25) is 0 Å². The second kappa shape index (κ2) is 5.68. The Morgan fingerprint density at radius 1 is 0.947 bits per heavy atom. The third kappa shape index (κ3) is 3.68. The molecule has 1 saturated carbocycles. The summed E-state index contributed by atoms with van der Waals surface area (Å²) in [5.41, 5.74) is 0. The van der Waals surface area contributed by atoms with Crippen molar-refractivity contribution in [3.05, 3.63) is 0 Å². The van der Waals surface area contributed by atoms with E-state index in [2.05, 4.69) is 9.62 Å². The van der Waals surface area contributed by atoms with Gasteiger partial charge in [0.25, 0.3) is 10.2 Å². The minimum atomic E-state index is -3.22. The van der Waals surface area contributed by atoms with Crippen LogP contribution >= 0.6 is 0 Å². The molecule has 19 heavy (non-hydrogen) atoms. The second-order valence-electron chi connectivity index (χ2n) is 6.25. The van der Waals surface area contributed by atoms with Gasteiger partial charge in [0, 0.05) is 25.7 Å². The number of hydrogen-bond acceptors (Lipinski definition) is 3. The Kier molecular flexibility index (Phi) is 4.12. The minimum absolute atomic E-state index is 0.140. The van der Waals surface area contributed by atoms with Crippen LogP contribution in [0.25, 0.3) is 0 Å². The van der Waals surface area contributed by atoms with Crippen LogP contribution < -0.4 is 4.72 Å². The van der Waals surface area contributed by atoms with E-state index in [0.29, 0.717) is 13.1 Å². The summed E-state index contributed by atoms with van der Waals surface area (Å²) < 4.78 is 28.8. The van der Waals surface area contributed by atoms with Gasteiger partial charge in [0.1, 0.15) is 0 Å². The maximum absolute atomic E-state index is 12.2. The van der Waals surface area contributed by atoms with E-state index >= 15 is 0 Å². The Balaban J connectivity index is 1.45. The second-order valence-corrected chi connectivity index (χ2v) is 7.95. The molecule has 110 valence electrons. The topological polar surface area (TPSA) is 52.7 Å². The van der Waals surface area contributed by atoms with Crippen molar-refractivity contribution < 1.29 is 8.42 Å². The highest BCUT2D eigenvalue weighted by atomic mass is 32.2. The van der Waals surface area contributed by atoms with Crippen molar-refractivity contribution in [3.63, 3.8) is 0 Å². The van der Waals surface area contributed by atoms with E-state index in [1.165, 1.54) is 19.4 Å². The predicted molar refractivity (Wildman–Crippen MR) is 75.0 cm³/mol. The monoisotopic (exact) mass is 287 g/mol. The lowest BCUT2D eigenvalue weighted by molar-refractivity contribution is 0.199. The average molecular weight is 287 g/mol. The first-order valence-corrected chi connectivity index (χ1v) is 9.07. The first-order valence-electron chi connectivity index (χ1n) is 7.63. The van der Waals surface area contributed by atoms with Gasteiger partial charge in [-0.2, -0.15) is 17.4 Å². The molecule has 3 rings (SSSR count). The fraction of sp³-hybridized carbons (Fsp3) is 1.00. The van der Waals surface area contributed by atoms with Gasteiger partial charge in [-0.15, -0.1) is 0 Å². The van der Waals surface area contributed by atoms with Gasteiger partial charge < -0.3 is 4.90 Å². The largest absolute Gasteiger partial charge is 0.303 e. The van der Waals surface area contributed by atoms with Crippen LogP contribution in [0.5, 0.6) is 0 Å². The number of hydrogen-bond donors (Lipinski definition) is 1. The van der Waals surface area contributed by atoms with Crippen LogP contribution in [0, 0.1) is 5.92 Å². The van der Waals surface area contributed by atoms with Crippen molar-refractivity contribution in [1.82, 2.24) is 13.9 Å². The zero-order valence-electron chi connectivity index (χ0n) is 11.6. The van der Waals surface area contributed by atoms with Crippen molar-refractivity contribution >= 4 is 10.2 Å². The fourth-order valence-corrected chi connectivity index (χ4v) is 4.66. The molecule has 0 amide bonds. The van der Waals surface area contributed by atoms with E-state index in [-0.39, 0.29) is 6.04 Å². The van der Waals surface area contributed by atoms with E-state index in [1.54, 1.807) is 4.31 Å². The molecular weight excluding hydrogens is 262 g/mol. The molecule has 0 bridgehead atoms. The number of rotatable bonds is 5. The lowest BCUT2D eigenvalue weighted by atomic mass is 10.1. The summed E-state index contributed by atoms with van der Waals surface area (Å²) in [6.45, 7) is 4.70. The highest BCUT2D eigenvalue weighted by Crippen LogP contribution is 2.30. The summed E-state index contributed by atoms with van der Waals surface area (Å²) >= 11 is 0. The van der Waals surface area contributed by atoms with Crippen LogP contribution in [-0.4, -0.2) is 56.4 Å². The molecule has 3 fully saturated rings. The van der Waals surface area contributed by atoms with Gasteiger partial charge in [0.15, 0.2) is 0 Å². The van der Waals surface area contributed by atoms with Gasteiger partial charge >= 0.3 is 0 Å². The third-order valence-electron chi connectivity index (χ3n) is 4.52. The number of nitrogens with one attached hydrogen (secondary N) is 1. The normalized spacial score (nSPS) is 28.0. The summed E-state index contributed by atoms with van der Waals surface area (Å²) in [6, 6.07) is 0.140. The molecule has 0 radical (unpaired) electrons. The predicted octanol–water partition coefficient (Wildman–Crippen LogP) is 0.791. The van der Waals surface area contributed by atoms with E-state index in [1.807, 2.05) is 0 Å². The van der Waals surface area contributed by atoms with Gasteiger partial charge in [-0.25, -0.2) is 0 Å². The number of piperidine rings is 1. The lowest BCUT2D eigenvalue weighted by Gasteiger charge is -2.33. The Morgan fingerprint density at radius 2 is 1.58 bits per heavy atom. The van der Waals surface area contributed by atoms with Crippen molar-refractivity contribution in [2.75, 3.05) is 32.7 Å². The standard InChI is InChI=1S/C13H25N3O2S/c17-19(18,16-7-1-2-8-16)14-13-5-9-15(10-6-13)11-12-3-4-12/h12-14H,1-11H2. The SMILES string of the molecule is O=S(=O)(NC1CCN(CC2CC2)CC1)N1CCCC1. The summed E-state index contributed by atoms with van der Waals surface area (Å²) in [5.74, 6) is 0.929. The maximum atomic E-state index is 12.2. The molecule has 2 aliphatic heterocycles. The van der Waals surface area contributed by atoms with E-state index in [4.69, 9.17) is 0 Å². The average Bonchev–Trinajstić information content (AvgIpc) is 3.01. The van der Waals surface area contributed by atoms with Crippen molar-refractivity contribution in [2.24, 2.45) is 5.92 Å². The number of likely N-dealkylation sites (tertiary alicyclic amines) is 1. The molecule has 0 aromatic carbocycles. The summed E-state index contributed by atoms with van der Waals surface area (Å²) in [6.07, 6.45) is 6.70. The summed E-state index contributed by atoms with van der Waals surface area (Å²) in [7, 11) is -3.22. The molecule has 5 nitrogen and oxygen atoms in total. The van der Waals surface area contributed by atoms with E-state index in [9.17, 15) is 8.42 Å². The van der Waals surface area contributed by atoms with Gasteiger partial charge in [-0.3, -0.25) is 0 Å². The van der Waals surface area contributed by atoms with Crippen molar-refractivity contribution in [1.29, 1.82) is 0 Å². The van der Waals surface area contributed by atoms with Crippen molar-refractivity contribution in [2.45, 2.75) is 44.6 Å². The zero-order chi connectivity index (χ0) is 13.3. The Bertz CT molecular complexity index is 394. The molecule has 1 N–H and O–H groups in total. The van der Waals surface area contributed by atoms with Gasteiger partial charge in [-0.1, -0.05) is 0 Å². The molecule has 2 saturated heterocycles. The zero-order valence-corrected chi connectivity index (χ0v) is 12.4. The molecule has 0 atom stereocenters. The molecule has 0 spiro atoms. The van der Waals surface area contributed by atoms with Crippen molar-refractivity contribution in [3.8, 4) is 0 Å². The molecule has 2 heterocycles. The molecule has 0 aromatic heterocycles. The van der Waals surface area contributed by atoms with Crippen LogP contribution in [0.1, 0.15) is 38.5 Å². The highest BCUT2D eigenvalue weighted by Gasteiger charge is 2.31. The molecule has 3 aliphatic rings. The lowest BCUT2D eigenvalue weighted by Crippen LogP contribution is -2.49. The molecular formula is C13H25N3O2S. The summed E-state index contributed by atoms with van der Waals surface area (Å²) in [4.78, 5) is 2.50. The number of nitrogens with zero attached hydrogens (tertiary/aromatic N) is 2. The van der Waals surface area contributed by atoms with Crippen LogP contribution in [0.4, 0.5) is 0 Å². The van der Waals surface area contributed by atoms with E-state index in [0.717, 1.165) is 44.7 Å². The van der Waals surface area contributed by atoms with E-state index < -0.39 is 10.2 Å². The Labute approximate surface area is 116 Å². The van der Waals surface area contributed by atoms with Crippen LogP contribution in [0.15, 0.2) is 0 Å². The van der Waals surface area contributed by atoms with Crippen LogP contribution in [-0.2, 0) is 10.2 Å². The molecule has 0 unspecified atom stereocenters. The quantitative estimate of drug-likeness (QED) is 0.813. The van der Waals surface area contributed by atoms with Crippen LogP contribution in [0.2, 0.25) is 0 Å².